The Kier molecular flexibility index (Phi) is 5.39. The van der Waals surface area contributed by atoms with Crippen LogP contribution in [0.1, 0.15) is 39.1 Å². The van der Waals surface area contributed by atoms with Crippen molar-refractivity contribution in [2.75, 3.05) is 18.0 Å². The van der Waals surface area contributed by atoms with Gasteiger partial charge in [-0.25, -0.2) is 9.97 Å². The predicted octanol–water partition coefficient (Wildman–Crippen LogP) is 3.87. The van der Waals surface area contributed by atoms with E-state index >= 15 is 0 Å². The minimum atomic E-state index is 0.565. The summed E-state index contributed by atoms with van der Waals surface area (Å²) < 4.78 is 0. The third-order valence-electron chi connectivity index (χ3n) is 2.64. The van der Waals surface area contributed by atoms with Crippen LogP contribution in [0, 0.1) is 25.7 Å². The van der Waals surface area contributed by atoms with E-state index in [0.717, 1.165) is 30.3 Å². The highest BCUT2D eigenvalue weighted by atomic mass is 35.5. The Morgan fingerprint density at radius 1 is 1.00 bits per heavy atom. The van der Waals surface area contributed by atoms with Crippen LogP contribution in [0.5, 0.6) is 0 Å². The largest absolute Gasteiger partial charge is 0.356 e. The van der Waals surface area contributed by atoms with Gasteiger partial charge >= 0.3 is 0 Å². The van der Waals surface area contributed by atoms with Gasteiger partial charge in [0.25, 0.3) is 0 Å². The van der Waals surface area contributed by atoms with E-state index in [1.54, 1.807) is 0 Å². The van der Waals surface area contributed by atoms with Crippen LogP contribution in [0.4, 0.5) is 5.82 Å². The van der Waals surface area contributed by atoms with Crippen LogP contribution >= 0.6 is 11.6 Å². The first-order valence-corrected chi connectivity index (χ1v) is 6.94. The van der Waals surface area contributed by atoms with Gasteiger partial charge in [-0.15, -0.1) is 0 Å². The highest BCUT2D eigenvalue weighted by Crippen LogP contribution is 2.24. The summed E-state index contributed by atoms with van der Waals surface area (Å²) in [6.45, 7) is 14.7. The van der Waals surface area contributed by atoms with E-state index in [1.165, 1.54) is 0 Å². The predicted molar refractivity (Wildman–Crippen MR) is 78.4 cm³/mol. The van der Waals surface area contributed by atoms with Crippen LogP contribution in [-0.2, 0) is 0 Å². The molecule has 0 unspecified atom stereocenters. The number of anilines is 1. The quantitative estimate of drug-likeness (QED) is 0.760. The van der Waals surface area contributed by atoms with Crippen LogP contribution in [0.2, 0.25) is 5.15 Å². The second-order valence-corrected chi connectivity index (χ2v) is 6.06. The van der Waals surface area contributed by atoms with Crippen molar-refractivity contribution in [3.63, 3.8) is 0 Å². The van der Waals surface area contributed by atoms with Gasteiger partial charge < -0.3 is 4.90 Å². The van der Waals surface area contributed by atoms with E-state index in [-0.39, 0.29) is 0 Å². The Labute approximate surface area is 116 Å². The Bertz CT molecular complexity index is 392. The van der Waals surface area contributed by atoms with Gasteiger partial charge in [0.2, 0.25) is 0 Å². The molecule has 0 saturated carbocycles. The van der Waals surface area contributed by atoms with Gasteiger partial charge in [0.05, 0.1) is 0 Å². The lowest BCUT2D eigenvalue weighted by Crippen LogP contribution is -2.33. The molecule has 0 N–H and O–H groups in total. The molecule has 0 bridgehead atoms. The molecule has 1 rings (SSSR count). The van der Waals surface area contributed by atoms with Crippen LogP contribution in [0.25, 0.3) is 0 Å². The fourth-order valence-electron chi connectivity index (χ4n) is 2.02. The molecule has 4 heteroatoms. The van der Waals surface area contributed by atoms with E-state index in [4.69, 9.17) is 11.6 Å². The molecule has 0 aliphatic rings. The average molecular weight is 270 g/mol. The molecular weight excluding hydrogens is 246 g/mol. The van der Waals surface area contributed by atoms with E-state index in [2.05, 4.69) is 42.6 Å². The van der Waals surface area contributed by atoms with Crippen molar-refractivity contribution < 1.29 is 0 Å². The molecule has 0 atom stereocenters. The summed E-state index contributed by atoms with van der Waals surface area (Å²) in [6, 6.07) is 0. The van der Waals surface area contributed by atoms with E-state index in [0.29, 0.717) is 17.0 Å². The Morgan fingerprint density at radius 3 is 1.94 bits per heavy atom. The maximum atomic E-state index is 6.16. The van der Waals surface area contributed by atoms with Crippen molar-refractivity contribution in [3.8, 4) is 0 Å². The fourth-order valence-corrected chi connectivity index (χ4v) is 2.22. The van der Waals surface area contributed by atoms with Crippen LogP contribution in [0.3, 0.4) is 0 Å². The first kappa shape index (κ1) is 15.2. The summed E-state index contributed by atoms with van der Waals surface area (Å²) >= 11 is 6.16. The third-order valence-corrected chi connectivity index (χ3v) is 3.01. The highest BCUT2D eigenvalue weighted by molar-refractivity contribution is 6.30. The zero-order valence-electron chi connectivity index (χ0n) is 12.3. The molecule has 0 fully saturated rings. The van der Waals surface area contributed by atoms with Gasteiger partial charge in [0, 0.05) is 18.7 Å². The van der Waals surface area contributed by atoms with Gasteiger partial charge in [-0.2, -0.15) is 0 Å². The molecule has 1 heterocycles. The number of aromatic nitrogens is 2. The summed E-state index contributed by atoms with van der Waals surface area (Å²) in [7, 11) is 0. The second-order valence-electron chi connectivity index (χ2n) is 5.70. The smallest absolute Gasteiger partial charge is 0.137 e. The monoisotopic (exact) mass is 269 g/mol. The number of halogens is 1. The maximum absolute atomic E-state index is 6.16. The Balaban J connectivity index is 3.11. The molecule has 3 nitrogen and oxygen atoms in total. The summed E-state index contributed by atoms with van der Waals surface area (Å²) in [4.78, 5) is 11.1. The minimum absolute atomic E-state index is 0.565. The van der Waals surface area contributed by atoms with Crippen LogP contribution in [-0.4, -0.2) is 23.1 Å². The minimum Gasteiger partial charge on any atom is -0.356 e. The fraction of sp³-hybridized carbons (Fsp3) is 0.714. The molecule has 0 aromatic carbocycles. The summed E-state index contributed by atoms with van der Waals surface area (Å²) in [5.74, 6) is 2.91. The summed E-state index contributed by atoms with van der Waals surface area (Å²) in [6.07, 6.45) is 0. The van der Waals surface area contributed by atoms with Crippen LogP contribution in [0.15, 0.2) is 0 Å². The molecule has 102 valence electrons. The molecule has 18 heavy (non-hydrogen) atoms. The average Bonchev–Trinajstić information content (AvgIpc) is 2.21. The van der Waals surface area contributed by atoms with Crippen molar-refractivity contribution in [2.24, 2.45) is 11.8 Å². The van der Waals surface area contributed by atoms with E-state index in [9.17, 15) is 0 Å². The summed E-state index contributed by atoms with van der Waals surface area (Å²) in [5, 5.41) is 0.565. The SMILES string of the molecule is Cc1nc(Cl)c(C)c(N(CC(C)C)CC(C)C)n1. The molecule has 0 radical (unpaired) electrons. The standard InChI is InChI=1S/C14H24ClN3/c1-9(2)7-18(8-10(3)4)14-11(5)13(15)16-12(6)17-14/h9-10H,7-8H2,1-6H3. The van der Waals surface area contributed by atoms with E-state index < -0.39 is 0 Å². The highest BCUT2D eigenvalue weighted by Gasteiger charge is 2.16. The summed E-state index contributed by atoms with van der Waals surface area (Å²) in [5.41, 5.74) is 0.976. The number of hydrogen-bond acceptors (Lipinski definition) is 3. The first-order chi connectivity index (χ1) is 8.31. The Morgan fingerprint density at radius 2 is 1.50 bits per heavy atom. The third kappa shape index (κ3) is 4.13. The lowest BCUT2D eigenvalue weighted by Gasteiger charge is -2.29. The van der Waals surface area contributed by atoms with Crippen LogP contribution < -0.4 is 4.90 Å². The number of nitrogens with zero attached hydrogens (tertiary/aromatic N) is 3. The van der Waals surface area contributed by atoms with Gasteiger partial charge in [0.15, 0.2) is 0 Å². The molecule has 0 aliphatic heterocycles. The molecule has 1 aromatic rings. The Hall–Kier alpha value is -0.830. The number of rotatable bonds is 5. The first-order valence-electron chi connectivity index (χ1n) is 6.57. The zero-order chi connectivity index (χ0) is 13.9. The van der Waals surface area contributed by atoms with Gasteiger partial charge in [-0.05, 0) is 25.7 Å². The second kappa shape index (κ2) is 6.37. The normalized spacial score (nSPS) is 11.4. The molecule has 1 aromatic heterocycles. The van der Waals surface area contributed by atoms with Crippen molar-refractivity contribution in [3.05, 3.63) is 16.5 Å². The molecule has 0 aliphatic carbocycles. The molecular formula is C14H24ClN3. The lowest BCUT2D eigenvalue weighted by atomic mass is 10.1. The van der Waals surface area contributed by atoms with Gasteiger partial charge in [0.1, 0.15) is 16.8 Å². The topological polar surface area (TPSA) is 29.0 Å². The lowest BCUT2D eigenvalue weighted by molar-refractivity contribution is 0.547. The molecule has 0 spiro atoms. The zero-order valence-corrected chi connectivity index (χ0v) is 13.0. The van der Waals surface area contributed by atoms with E-state index in [1.807, 2.05) is 13.8 Å². The van der Waals surface area contributed by atoms with Gasteiger partial charge in [-0.3, -0.25) is 0 Å². The van der Waals surface area contributed by atoms with Crippen molar-refractivity contribution in [1.82, 2.24) is 9.97 Å². The maximum Gasteiger partial charge on any atom is 0.137 e. The van der Waals surface area contributed by atoms with Crippen molar-refractivity contribution in [2.45, 2.75) is 41.5 Å². The molecule has 0 saturated heterocycles. The van der Waals surface area contributed by atoms with Crippen molar-refractivity contribution >= 4 is 17.4 Å². The molecule has 0 amide bonds. The number of hydrogen-bond donors (Lipinski definition) is 0. The number of aryl methyl sites for hydroxylation is 1. The van der Waals surface area contributed by atoms with Gasteiger partial charge in [-0.1, -0.05) is 39.3 Å². The van der Waals surface area contributed by atoms with Crippen molar-refractivity contribution in [1.29, 1.82) is 0 Å².